The highest BCUT2D eigenvalue weighted by atomic mass is 16.5. The summed E-state index contributed by atoms with van der Waals surface area (Å²) in [7, 11) is 2.58. The van der Waals surface area contributed by atoms with Crippen LogP contribution in [0.2, 0.25) is 0 Å². The van der Waals surface area contributed by atoms with Crippen LogP contribution in [0.4, 0.5) is 0 Å². The smallest absolute Gasteiger partial charge is 0.327 e. The van der Waals surface area contributed by atoms with Crippen LogP contribution in [0.1, 0.15) is 45.4 Å². The van der Waals surface area contributed by atoms with E-state index in [0.29, 0.717) is 18.4 Å². The van der Waals surface area contributed by atoms with Crippen molar-refractivity contribution in [1.29, 1.82) is 0 Å². The van der Waals surface area contributed by atoms with Gasteiger partial charge in [-0.25, -0.2) is 0 Å². The van der Waals surface area contributed by atoms with Crippen molar-refractivity contribution in [2.24, 2.45) is 5.41 Å². The van der Waals surface area contributed by atoms with Crippen LogP contribution in [-0.4, -0.2) is 26.2 Å². The normalized spacial score (nSPS) is 18.2. The Morgan fingerprint density at radius 3 is 2.50 bits per heavy atom. The lowest BCUT2D eigenvalue weighted by molar-refractivity contribution is -0.165. The zero-order valence-corrected chi connectivity index (χ0v) is 12.5. The molecule has 1 rings (SSSR count). The quantitative estimate of drug-likeness (QED) is 0.343. The van der Waals surface area contributed by atoms with Gasteiger partial charge in [-0.2, -0.15) is 0 Å². The molecule has 0 heterocycles. The zero-order valence-electron chi connectivity index (χ0n) is 12.5. The van der Waals surface area contributed by atoms with Gasteiger partial charge >= 0.3 is 11.9 Å². The predicted molar refractivity (Wildman–Crippen MR) is 75.7 cm³/mol. The summed E-state index contributed by atoms with van der Waals surface area (Å²) in [6, 6.07) is 0. The van der Waals surface area contributed by atoms with Crippen LogP contribution < -0.4 is 0 Å². The van der Waals surface area contributed by atoms with Crippen LogP contribution in [0.25, 0.3) is 0 Å². The summed E-state index contributed by atoms with van der Waals surface area (Å²) in [6.45, 7) is 2.11. The van der Waals surface area contributed by atoms with Crippen LogP contribution in [0, 0.1) is 17.3 Å². The van der Waals surface area contributed by atoms with Gasteiger partial charge in [0, 0.05) is 6.42 Å². The van der Waals surface area contributed by atoms with Crippen LogP contribution >= 0.6 is 0 Å². The molecule has 0 atom stereocenters. The highest BCUT2D eigenvalue weighted by Crippen LogP contribution is 2.44. The molecule has 0 bridgehead atoms. The van der Waals surface area contributed by atoms with Gasteiger partial charge in [-0.15, -0.1) is 0 Å². The second-order valence-corrected chi connectivity index (χ2v) is 4.84. The molecule has 1 aliphatic rings. The van der Waals surface area contributed by atoms with E-state index in [1.165, 1.54) is 14.2 Å². The lowest BCUT2D eigenvalue weighted by Crippen LogP contribution is -2.40. The Balaban J connectivity index is 3.02. The Morgan fingerprint density at radius 2 is 1.95 bits per heavy atom. The minimum Gasteiger partial charge on any atom is -0.468 e. The SMILES string of the molecule is CCCCC#C/C=C1\CCCC1(C(=O)OC)C(=O)OC. The maximum atomic E-state index is 12.1. The van der Waals surface area contributed by atoms with E-state index in [1.54, 1.807) is 6.08 Å². The van der Waals surface area contributed by atoms with Crippen molar-refractivity contribution in [3.05, 3.63) is 11.6 Å². The summed E-state index contributed by atoms with van der Waals surface area (Å²) >= 11 is 0. The molecule has 1 saturated carbocycles. The minimum absolute atomic E-state index is 0.425. The van der Waals surface area contributed by atoms with Gasteiger partial charge in [0.1, 0.15) is 0 Å². The Hall–Kier alpha value is -1.76. The molecule has 0 amide bonds. The Labute approximate surface area is 120 Å². The molecule has 4 nitrogen and oxygen atoms in total. The molecule has 0 radical (unpaired) electrons. The predicted octanol–water partition coefficient (Wildman–Crippen LogP) is 2.62. The van der Waals surface area contributed by atoms with Crippen LogP contribution in [-0.2, 0) is 19.1 Å². The number of carbonyl (C=O) groups excluding carboxylic acids is 2. The topological polar surface area (TPSA) is 52.6 Å². The molecule has 0 aliphatic heterocycles. The van der Waals surface area contributed by atoms with Gasteiger partial charge in [0.15, 0.2) is 5.41 Å². The number of hydrogen-bond donors (Lipinski definition) is 0. The Kier molecular flexibility index (Phi) is 6.30. The second-order valence-electron chi connectivity index (χ2n) is 4.84. The van der Waals surface area contributed by atoms with E-state index in [-0.39, 0.29) is 0 Å². The third kappa shape index (κ3) is 3.22. The first-order valence-electron chi connectivity index (χ1n) is 6.98. The number of methoxy groups -OCH3 is 2. The fourth-order valence-electron chi connectivity index (χ4n) is 2.49. The number of hydrogen-bond acceptors (Lipinski definition) is 4. The van der Waals surface area contributed by atoms with Gasteiger partial charge in [-0.3, -0.25) is 9.59 Å². The molecule has 0 spiro atoms. The number of allylic oxidation sites excluding steroid dienone is 1. The van der Waals surface area contributed by atoms with Crippen molar-refractivity contribution in [3.63, 3.8) is 0 Å². The lowest BCUT2D eigenvalue weighted by atomic mass is 9.82. The monoisotopic (exact) mass is 278 g/mol. The average Bonchev–Trinajstić information content (AvgIpc) is 2.90. The van der Waals surface area contributed by atoms with E-state index in [1.807, 2.05) is 0 Å². The second kappa shape index (κ2) is 7.74. The maximum absolute atomic E-state index is 12.1. The number of rotatable bonds is 4. The molecule has 4 heteroatoms. The van der Waals surface area contributed by atoms with Crippen molar-refractivity contribution >= 4 is 11.9 Å². The Morgan fingerprint density at radius 1 is 1.30 bits per heavy atom. The molecular formula is C16H22O4. The van der Waals surface area contributed by atoms with Gasteiger partial charge < -0.3 is 9.47 Å². The summed E-state index contributed by atoms with van der Waals surface area (Å²) in [5.41, 5.74) is -0.580. The van der Waals surface area contributed by atoms with E-state index in [0.717, 1.165) is 25.7 Å². The summed E-state index contributed by atoms with van der Waals surface area (Å²) < 4.78 is 9.61. The number of ether oxygens (including phenoxy) is 2. The molecule has 110 valence electrons. The maximum Gasteiger partial charge on any atom is 0.327 e. The van der Waals surface area contributed by atoms with Gasteiger partial charge in [0.25, 0.3) is 0 Å². The lowest BCUT2D eigenvalue weighted by Gasteiger charge is -2.24. The van der Waals surface area contributed by atoms with Gasteiger partial charge in [-0.1, -0.05) is 25.2 Å². The molecule has 0 aromatic heterocycles. The van der Waals surface area contributed by atoms with Crippen molar-refractivity contribution in [2.45, 2.75) is 45.4 Å². The number of unbranched alkanes of at least 4 members (excludes halogenated alkanes) is 2. The fourth-order valence-corrected chi connectivity index (χ4v) is 2.49. The molecule has 0 unspecified atom stereocenters. The molecule has 0 aromatic carbocycles. The summed E-state index contributed by atoms with van der Waals surface area (Å²) in [5, 5.41) is 0. The third-order valence-corrected chi connectivity index (χ3v) is 3.62. The Bertz CT molecular complexity index is 435. The zero-order chi connectivity index (χ0) is 15.0. The van der Waals surface area contributed by atoms with Crippen LogP contribution in [0.5, 0.6) is 0 Å². The van der Waals surface area contributed by atoms with E-state index in [2.05, 4.69) is 18.8 Å². The first-order chi connectivity index (χ1) is 9.63. The fraction of sp³-hybridized carbons (Fsp3) is 0.625. The molecule has 1 fully saturated rings. The third-order valence-electron chi connectivity index (χ3n) is 3.62. The van der Waals surface area contributed by atoms with Crippen molar-refractivity contribution in [1.82, 2.24) is 0 Å². The van der Waals surface area contributed by atoms with Gasteiger partial charge in [0.05, 0.1) is 14.2 Å². The van der Waals surface area contributed by atoms with E-state index in [4.69, 9.17) is 9.47 Å². The average molecular weight is 278 g/mol. The minimum atomic E-state index is -1.29. The number of carbonyl (C=O) groups is 2. The van der Waals surface area contributed by atoms with Crippen molar-refractivity contribution in [2.75, 3.05) is 14.2 Å². The van der Waals surface area contributed by atoms with E-state index < -0.39 is 17.4 Å². The van der Waals surface area contributed by atoms with E-state index >= 15 is 0 Å². The van der Waals surface area contributed by atoms with E-state index in [9.17, 15) is 9.59 Å². The van der Waals surface area contributed by atoms with Crippen molar-refractivity contribution < 1.29 is 19.1 Å². The van der Waals surface area contributed by atoms with Crippen molar-refractivity contribution in [3.8, 4) is 11.8 Å². The highest BCUT2D eigenvalue weighted by molar-refractivity contribution is 6.04. The largest absolute Gasteiger partial charge is 0.468 e. The van der Waals surface area contributed by atoms with Gasteiger partial charge in [-0.05, 0) is 37.3 Å². The molecule has 0 saturated heterocycles. The molecule has 20 heavy (non-hydrogen) atoms. The molecule has 0 N–H and O–H groups in total. The first-order valence-corrected chi connectivity index (χ1v) is 6.98. The van der Waals surface area contributed by atoms with Gasteiger partial charge in [0.2, 0.25) is 0 Å². The summed E-state index contributed by atoms with van der Waals surface area (Å²) in [5.74, 6) is 4.88. The molecule has 0 aromatic rings. The standard InChI is InChI=1S/C16H22O4/c1-4-5-6-7-8-10-13-11-9-12-16(13,14(17)19-2)15(18)20-3/h10H,4-6,9,11-12H2,1-3H3/b13-10+. The number of esters is 2. The van der Waals surface area contributed by atoms with Crippen LogP contribution in [0.3, 0.4) is 0 Å². The summed E-state index contributed by atoms with van der Waals surface area (Å²) in [6.07, 6.45) is 6.52. The molecular weight excluding hydrogens is 256 g/mol. The molecule has 1 aliphatic carbocycles. The summed E-state index contributed by atoms with van der Waals surface area (Å²) in [4.78, 5) is 24.1. The highest BCUT2D eigenvalue weighted by Gasteiger charge is 2.53. The first kappa shape index (κ1) is 16.3. The van der Waals surface area contributed by atoms with Crippen LogP contribution in [0.15, 0.2) is 11.6 Å².